The van der Waals surface area contributed by atoms with Crippen molar-refractivity contribution in [3.05, 3.63) is 52.6 Å². The largest absolute Gasteiger partial charge is 0.507 e. The van der Waals surface area contributed by atoms with Gasteiger partial charge in [0.25, 0.3) is 0 Å². The fraction of sp³-hybridized carbons (Fsp3) is 0.300. The van der Waals surface area contributed by atoms with Crippen molar-refractivity contribution in [3.8, 4) is 17.2 Å². The molecule has 0 radical (unpaired) electrons. The van der Waals surface area contributed by atoms with Crippen molar-refractivity contribution in [2.75, 3.05) is 0 Å². The molecule has 0 aliphatic carbocycles. The first kappa shape index (κ1) is 17.0. The Hall–Kier alpha value is -2.82. The molecule has 1 atom stereocenters. The van der Waals surface area contributed by atoms with Crippen molar-refractivity contribution < 1.29 is 24.5 Å². The molecule has 1 unspecified atom stereocenters. The summed E-state index contributed by atoms with van der Waals surface area (Å²) in [4.78, 5) is 25.3. The standard InChI is InChI=1S/C20H20O5/c1-10(2)17(22)16-19(24)11(3)18(23)15-13(21)9-14(25-20(15)16)12-7-5-4-6-8-12/h4-8,10,14,23-24H,9H2,1-3H3. The molecular formula is C20H20O5. The predicted molar refractivity (Wildman–Crippen MR) is 92.4 cm³/mol. The van der Waals surface area contributed by atoms with Gasteiger partial charge in [-0.3, -0.25) is 9.59 Å². The lowest BCUT2D eigenvalue weighted by molar-refractivity contribution is 0.0833. The zero-order valence-electron chi connectivity index (χ0n) is 14.4. The lowest BCUT2D eigenvalue weighted by Gasteiger charge is -2.29. The number of rotatable bonds is 3. The summed E-state index contributed by atoms with van der Waals surface area (Å²) in [5.74, 6) is -1.73. The predicted octanol–water partition coefficient (Wildman–Crippen LogP) is 3.95. The molecule has 0 saturated heterocycles. The third-order valence-corrected chi connectivity index (χ3v) is 4.49. The first-order valence-corrected chi connectivity index (χ1v) is 8.20. The molecule has 0 bridgehead atoms. The fourth-order valence-electron chi connectivity index (χ4n) is 3.03. The van der Waals surface area contributed by atoms with E-state index in [1.165, 1.54) is 6.92 Å². The van der Waals surface area contributed by atoms with Gasteiger partial charge in [0.1, 0.15) is 34.5 Å². The van der Waals surface area contributed by atoms with Gasteiger partial charge in [-0.1, -0.05) is 44.2 Å². The molecule has 0 amide bonds. The van der Waals surface area contributed by atoms with E-state index in [1.807, 2.05) is 30.3 Å². The smallest absolute Gasteiger partial charge is 0.174 e. The minimum absolute atomic E-state index is 0.0218. The first-order chi connectivity index (χ1) is 11.8. The lowest BCUT2D eigenvalue weighted by Crippen LogP contribution is -2.24. The van der Waals surface area contributed by atoms with Gasteiger partial charge in [0, 0.05) is 11.5 Å². The summed E-state index contributed by atoms with van der Waals surface area (Å²) in [5.41, 5.74) is 0.850. The van der Waals surface area contributed by atoms with Crippen LogP contribution >= 0.6 is 0 Å². The fourth-order valence-corrected chi connectivity index (χ4v) is 3.03. The van der Waals surface area contributed by atoms with Gasteiger partial charge in [-0.05, 0) is 12.5 Å². The number of benzene rings is 2. The van der Waals surface area contributed by atoms with E-state index in [0.717, 1.165) is 5.56 Å². The highest BCUT2D eigenvalue weighted by atomic mass is 16.5. The molecule has 130 valence electrons. The molecule has 1 aliphatic heterocycles. The number of carbonyl (C=O) groups is 2. The van der Waals surface area contributed by atoms with Crippen LogP contribution in [0.15, 0.2) is 30.3 Å². The van der Waals surface area contributed by atoms with Gasteiger partial charge in [-0.15, -0.1) is 0 Å². The Morgan fingerprint density at radius 1 is 1.16 bits per heavy atom. The second-order valence-corrected chi connectivity index (χ2v) is 6.56. The lowest BCUT2D eigenvalue weighted by atomic mass is 9.88. The molecule has 3 rings (SSSR count). The number of phenolic OH excluding ortho intramolecular Hbond substituents is 2. The van der Waals surface area contributed by atoms with E-state index in [9.17, 15) is 19.8 Å². The normalized spacial score (nSPS) is 16.5. The Morgan fingerprint density at radius 2 is 1.80 bits per heavy atom. The van der Waals surface area contributed by atoms with Crippen LogP contribution in [0.4, 0.5) is 0 Å². The molecule has 2 aromatic rings. The molecule has 25 heavy (non-hydrogen) atoms. The van der Waals surface area contributed by atoms with Crippen molar-refractivity contribution in [1.29, 1.82) is 0 Å². The summed E-state index contributed by atoms with van der Waals surface area (Å²) < 4.78 is 5.95. The molecule has 5 nitrogen and oxygen atoms in total. The minimum Gasteiger partial charge on any atom is -0.507 e. The second-order valence-electron chi connectivity index (χ2n) is 6.56. The number of ether oxygens (including phenoxy) is 1. The maximum Gasteiger partial charge on any atom is 0.174 e. The summed E-state index contributed by atoms with van der Waals surface area (Å²) in [7, 11) is 0. The highest BCUT2D eigenvalue weighted by molar-refractivity contribution is 6.10. The molecule has 0 saturated carbocycles. The molecule has 1 aliphatic rings. The van der Waals surface area contributed by atoms with Gasteiger partial charge >= 0.3 is 0 Å². The number of Topliss-reactive ketones (excluding diaryl/α,β-unsaturated/α-hetero) is 2. The van der Waals surface area contributed by atoms with Gasteiger partial charge in [-0.2, -0.15) is 0 Å². The van der Waals surface area contributed by atoms with E-state index < -0.39 is 12.0 Å². The van der Waals surface area contributed by atoms with Gasteiger partial charge in [0.15, 0.2) is 11.6 Å². The third-order valence-electron chi connectivity index (χ3n) is 4.49. The van der Waals surface area contributed by atoms with Crippen molar-refractivity contribution in [1.82, 2.24) is 0 Å². The van der Waals surface area contributed by atoms with Crippen LogP contribution in [0.5, 0.6) is 17.2 Å². The maximum atomic E-state index is 12.7. The van der Waals surface area contributed by atoms with Crippen LogP contribution in [-0.2, 0) is 0 Å². The molecule has 2 N–H and O–H groups in total. The number of aromatic hydroxyl groups is 2. The zero-order chi connectivity index (χ0) is 18.3. The van der Waals surface area contributed by atoms with Crippen LogP contribution in [0.2, 0.25) is 0 Å². The molecule has 5 heteroatoms. The van der Waals surface area contributed by atoms with Crippen molar-refractivity contribution in [2.24, 2.45) is 5.92 Å². The highest BCUT2D eigenvalue weighted by Gasteiger charge is 2.37. The van der Waals surface area contributed by atoms with Crippen LogP contribution in [0.3, 0.4) is 0 Å². The molecule has 2 aromatic carbocycles. The Kier molecular flexibility index (Phi) is 4.25. The third kappa shape index (κ3) is 2.76. The summed E-state index contributed by atoms with van der Waals surface area (Å²) in [6.07, 6.45) is -0.509. The summed E-state index contributed by atoms with van der Waals surface area (Å²) in [5, 5.41) is 20.7. The molecule has 0 aromatic heterocycles. The van der Waals surface area contributed by atoms with Gasteiger partial charge in [0.05, 0.1) is 6.42 Å². The number of fused-ring (bicyclic) bond motifs is 1. The Labute approximate surface area is 145 Å². The summed E-state index contributed by atoms with van der Waals surface area (Å²) >= 11 is 0. The average molecular weight is 340 g/mol. The average Bonchev–Trinajstić information content (AvgIpc) is 2.60. The van der Waals surface area contributed by atoms with Gasteiger partial charge in [0.2, 0.25) is 0 Å². The Balaban J connectivity index is 2.21. The minimum atomic E-state index is -0.568. The Bertz CT molecular complexity index is 852. The number of ketones is 2. The first-order valence-electron chi connectivity index (χ1n) is 8.20. The van der Waals surface area contributed by atoms with E-state index in [-0.39, 0.29) is 51.9 Å². The van der Waals surface area contributed by atoms with Gasteiger partial charge in [-0.25, -0.2) is 0 Å². The number of carbonyl (C=O) groups excluding carboxylic acids is 2. The number of phenols is 2. The zero-order valence-corrected chi connectivity index (χ0v) is 14.4. The van der Waals surface area contributed by atoms with E-state index in [0.29, 0.717) is 0 Å². The van der Waals surface area contributed by atoms with E-state index in [2.05, 4.69) is 0 Å². The topological polar surface area (TPSA) is 83.8 Å². The molecule has 1 heterocycles. The van der Waals surface area contributed by atoms with E-state index in [1.54, 1.807) is 13.8 Å². The van der Waals surface area contributed by atoms with Crippen LogP contribution in [-0.4, -0.2) is 21.8 Å². The second kappa shape index (κ2) is 6.24. The quantitative estimate of drug-likeness (QED) is 0.827. The van der Waals surface area contributed by atoms with Crippen molar-refractivity contribution >= 4 is 11.6 Å². The van der Waals surface area contributed by atoms with Crippen LogP contribution in [0, 0.1) is 12.8 Å². The van der Waals surface area contributed by atoms with Crippen molar-refractivity contribution in [3.63, 3.8) is 0 Å². The Morgan fingerprint density at radius 3 is 2.40 bits per heavy atom. The van der Waals surface area contributed by atoms with Crippen LogP contribution in [0.25, 0.3) is 0 Å². The molecule has 0 fully saturated rings. The van der Waals surface area contributed by atoms with Crippen LogP contribution in [0.1, 0.15) is 58.2 Å². The van der Waals surface area contributed by atoms with Crippen LogP contribution < -0.4 is 4.74 Å². The monoisotopic (exact) mass is 340 g/mol. The van der Waals surface area contributed by atoms with Crippen molar-refractivity contribution in [2.45, 2.75) is 33.3 Å². The maximum absolute atomic E-state index is 12.7. The highest BCUT2D eigenvalue weighted by Crippen LogP contribution is 2.48. The summed E-state index contributed by atoms with van der Waals surface area (Å²) in [6.45, 7) is 4.88. The van der Waals surface area contributed by atoms with E-state index in [4.69, 9.17) is 4.74 Å². The SMILES string of the molecule is Cc1c(O)c2c(c(C(=O)C(C)C)c1O)OC(c1ccccc1)CC2=O. The molecular weight excluding hydrogens is 320 g/mol. The van der Waals surface area contributed by atoms with Gasteiger partial charge < -0.3 is 14.9 Å². The molecule has 0 spiro atoms. The van der Waals surface area contributed by atoms with E-state index >= 15 is 0 Å². The number of hydrogen-bond donors (Lipinski definition) is 2. The summed E-state index contributed by atoms with van der Waals surface area (Å²) in [6, 6.07) is 9.20. The number of hydrogen-bond acceptors (Lipinski definition) is 5.